The van der Waals surface area contributed by atoms with Crippen molar-refractivity contribution < 1.29 is 29.3 Å². The van der Waals surface area contributed by atoms with Crippen LogP contribution in [0.25, 0.3) is 0 Å². The van der Waals surface area contributed by atoms with Gasteiger partial charge in [-0.2, -0.15) is 0 Å². The number of unbranched alkanes of at least 4 members (excludes halogenated alkanes) is 8. The maximum Gasteiger partial charge on any atom is 0.339 e. The number of rotatable bonds is 33. The highest BCUT2D eigenvalue weighted by Crippen LogP contribution is 2.42. The molecule has 0 amide bonds. The topological polar surface area (TPSA) is 93.1 Å². The van der Waals surface area contributed by atoms with Gasteiger partial charge in [0.25, 0.3) is 0 Å². The molecule has 0 heterocycles. The quantitative estimate of drug-likeness (QED) is 0.0695. The first-order valence-electron chi connectivity index (χ1n) is 26.1. The number of aliphatic carboxylic acids is 2. The molecule has 0 aromatic heterocycles. The van der Waals surface area contributed by atoms with E-state index in [-0.39, 0.29) is 26.1 Å². The van der Waals surface area contributed by atoms with E-state index in [9.17, 15) is 19.8 Å². The monoisotopic (exact) mass is 859 g/mol. The molecular formula is C56H90O6. The van der Waals surface area contributed by atoms with Crippen molar-refractivity contribution in [1.29, 1.82) is 0 Å². The Morgan fingerprint density at radius 1 is 0.435 bits per heavy atom. The van der Waals surface area contributed by atoms with E-state index < -0.39 is 23.1 Å². The van der Waals surface area contributed by atoms with Gasteiger partial charge in [0.15, 0.2) is 0 Å². The second kappa shape index (κ2) is 29.0. The van der Waals surface area contributed by atoms with Gasteiger partial charge in [0, 0.05) is 0 Å². The average molecular weight is 859 g/mol. The third-order valence-electron chi connectivity index (χ3n) is 15.1. The molecule has 2 aromatic rings. The van der Waals surface area contributed by atoms with Crippen LogP contribution >= 0.6 is 0 Å². The molecule has 0 unspecified atom stereocenters. The van der Waals surface area contributed by atoms with E-state index in [0.29, 0.717) is 25.7 Å². The van der Waals surface area contributed by atoms with Crippen LogP contribution in [0.1, 0.15) is 230 Å². The lowest BCUT2D eigenvalue weighted by Crippen LogP contribution is -2.66. The summed E-state index contributed by atoms with van der Waals surface area (Å²) in [4.78, 5) is 27.0. The molecule has 0 radical (unpaired) electrons. The molecule has 62 heavy (non-hydrogen) atoms. The Morgan fingerprint density at radius 3 is 0.984 bits per heavy atom. The molecule has 350 valence electrons. The highest BCUT2D eigenvalue weighted by molar-refractivity contribution is 5.91. The minimum Gasteiger partial charge on any atom is -0.479 e. The van der Waals surface area contributed by atoms with Gasteiger partial charge in [-0.25, -0.2) is 9.59 Å². The van der Waals surface area contributed by atoms with Gasteiger partial charge in [-0.05, 0) is 84.5 Å². The number of carboxylic acid groups (broad SMARTS) is 2. The summed E-state index contributed by atoms with van der Waals surface area (Å²) in [6.45, 7) is 8.55. The number of ether oxygens (including phenoxy) is 2. The summed E-state index contributed by atoms with van der Waals surface area (Å²) >= 11 is 0. The van der Waals surface area contributed by atoms with Crippen molar-refractivity contribution in [2.75, 3.05) is 0 Å². The Kier molecular flexibility index (Phi) is 24.3. The van der Waals surface area contributed by atoms with Gasteiger partial charge in [-0.15, -0.1) is 0 Å². The Bertz CT molecular complexity index is 1370. The first-order chi connectivity index (χ1) is 30.2. The van der Waals surface area contributed by atoms with Gasteiger partial charge in [-0.3, -0.25) is 0 Å². The zero-order valence-corrected chi connectivity index (χ0v) is 40.1. The average Bonchev–Trinajstić information content (AvgIpc) is 3.29. The maximum atomic E-state index is 13.5. The van der Waals surface area contributed by atoms with E-state index >= 15 is 0 Å². The number of hydrogen-bond acceptors (Lipinski definition) is 4. The summed E-state index contributed by atoms with van der Waals surface area (Å²) in [5.41, 5.74) is 0.0827. The van der Waals surface area contributed by atoms with Crippen molar-refractivity contribution >= 4 is 11.9 Å². The third kappa shape index (κ3) is 16.7. The van der Waals surface area contributed by atoms with E-state index in [1.54, 1.807) is 0 Å². The molecule has 2 aliphatic carbocycles. The SMILES string of the molecule is CCCCC[C@H]1CC[C@H](CCCCc2ccc(CO[C@@](CCCC)(C(=O)O)[C@@](CCCC)(OCc3ccc(CCCC[C@H]4CC[C@H](CCCCC)CC4)cc3)C(=O)O)cc2)CC1. The van der Waals surface area contributed by atoms with Crippen molar-refractivity contribution in [3.63, 3.8) is 0 Å². The Hall–Kier alpha value is -2.70. The van der Waals surface area contributed by atoms with Crippen LogP contribution in [0.15, 0.2) is 48.5 Å². The number of hydrogen-bond donors (Lipinski definition) is 2. The zero-order valence-electron chi connectivity index (χ0n) is 40.1. The highest BCUT2D eigenvalue weighted by Gasteiger charge is 2.63. The van der Waals surface area contributed by atoms with Crippen LogP contribution in [-0.2, 0) is 45.1 Å². The molecule has 6 heteroatoms. The lowest BCUT2D eigenvalue weighted by molar-refractivity contribution is -0.241. The molecule has 0 saturated heterocycles. The number of carboxylic acids is 2. The maximum absolute atomic E-state index is 13.5. The normalized spacial score (nSPS) is 21.3. The molecule has 0 spiro atoms. The van der Waals surface area contributed by atoms with Gasteiger partial charge in [0.05, 0.1) is 13.2 Å². The Balaban J connectivity index is 1.31. The molecular weight excluding hydrogens is 769 g/mol. The van der Waals surface area contributed by atoms with Gasteiger partial charge in [-0.1, -0.05) is 230 Å². The van der Waals surface area contributed by atoms with Crippen LogP contribution in [0.4, 0.5) is 0 Å². The van der Waals surface area contributed by atoms with Gasteiger partial charge >= 0.3 is 11.9 Å². The van der Waals surface area contributed by atoms with Crippen LogP contribution in [-0.4, -0.2) is 33.4 Å². The highest BCUT2D eigenvalue weighted by atomic mass is 16.6. The van der Waals surface area contributed by atoms with E-state index in [1.807, 2.05) is 38.1 Å². The summed E-state index contributed by atoms with van der Waals surface area (Å²) in [5, 5.41) is 22.1. The summed E-state index contributed by atoms with van der Waals surface area (Å²) in [6, 6.07) is 16.5. The fourth-order valence-electron chi connectivity index (χ4n) is 10.8. The molecule has 2 aromatic carbocycles. The van der Waals surface area contributed by atoms with Crippen molar-refractivity contribution in [3.8, 4) is 0 Å². The van der Waals surface area contributed by atoms with E-state index in [0.717, 1.165) is 47.6 Å². The lowest BCUT2D eigenvalue weighted by Gasteiger charge is -2.44. The molecule has 2 aliphatic rings. The van der Waals surface area contributed by atoms with E-state index in [2.05, 4.69) is 38.1 Å². The first-order valence-corrected chi connectivity index (χ1v) is 26.1. The predicted octanol–water partition coefficient (Wildman–Crippen LogP) is 15.6. The van der Waals surface area contributed by atoms with Gasteiger partial charge in [0.1, 0.15) is 0 Å². The van der Waals surface area contributed by atoms with Crippen LogP contribution in [0.2, 0.25) is 0 Å². The second-order valence-electron chi connectivity index (χ2n) is 19.9. The number of carbonyl (C=O) groups is 2. The number of aryl methyl sites for hydroxylation is 2. The van der Waals surface area contributed by atoms with Gasteiger partial charge < -0.3 is 19.7 Å². The molecule has 2 fully saturated rings. The standard InChI is InChI=1S/C56H90O6/c1-5-9-13-19-45-25-29-47(30-26-45)21-15-17-23-49-33-37-51(38-34-49)43-61-55(53(57)58,41-11-7-3)56(54(59)60,42-12-8-4)62-44-52-39-35-50(36-40-52)24-18-16-22-48-31-27-46(28-32-48)20-14-10-6-2/h33-40,45-48H,5-32,41-44H2,1-4H3,(H,57,58)(H,59,60)/t45-,46-,47-,48-,55-,56-/m0/s1. The predicted molar refractivity (Wildman–Crippen MR) is 257 cm³/mol. The van der Waals surface area contributed by atoms with Crippen molar-refractivity contribution in [3.05, 3.63) is 70.8 Å². The largest absolute Gasteiger partial charge is 0.479 e. The Morgan fingerprint density at radius 2 is 0.710 bits per heavy atom. The number of benzene rings is 2. The molecule has 2 saturated carbocycles. The van der Waals surface area contributed by atoms with Crippen molar-refractivity contribution in [2.45, 2.75) is 245 Å². The molecule has 4 rings (SSSR count). The van der Waals surface area contributed by atoms with Crippen LogP contribution in [0, 0.1) is 23.7 Å². The second-order valence-corrected chi connectivity index (χ2v) is 19.9. The first kappa shape index (κ1) is 51.9. The van der Waals surface area contributed by atoms with Crippen molar-refractivity contribution in [1.82, 2.24) is 0 Å². The van der Waals surface area contributed by atoms with Crippen molar-refractivity contribution in [2.24, 2.45) is 23.7 Å². The minimum atomic E-state index is -2.06. The smallest absolute Gasteiger partial charge is 0.339 e. The van der Waals surface area contributed by atoms with Crippen LogP contribution in [0.3, 0.4) is 0 Å². The van der Waals surface area contributed by atoms with E-state index in [4.69, 9.17) is 9.47 Å². The zero-order chi connectivity index (χ0) is 44.5. The lowest BCUT2D eigenvalue weighted by atomic mass is 9.75. The Labute approximate surface area is 379 Å². The minimum absolute atomic E-state index is 0.00304. The fraction of sp³-hybridized carbons (Fsp3) is 0.750. The molecule has 2 atom stereocenters. The molecule has 0 aliphatic heterocycles. The molecule has 0 bridgehead atoms. The van der Waals surface area contributed by atoms with Gasteiger partial charge in [0.2, 0.25) is 11.2 Å². The van der Waals surface area contributed by atoms with Crippen LogP contribution in [0.5, 0.6) is 0 Å². The summed E-state index contributed by atoms with van der Waals surface area (Å²) in [5.74, 6) is 1.15. The van der Waals surface area contributed by atoms with Crippen LogP contribution < -0.4 is 0 Å². The fourth-order valence-corrected chi connectivity index (χ4v) is 10.8. The third-order valence-corrected chi connectivity index (χ3v) is 15.1. The summed E-state index contributed by atoms with van der Waals surface area (Å²) in [6.07, 6.45) is 34.5. The summed E-state index contributed by atoms with van der Waals surface area (Å²) in [7, 11) is 0. The molecule has 2 N–H and O–H groups in total. The van der Waals surface area contributed by atoms with E-state index in [1.165, 1.54) is 152 Å². The molecule has 6 nitrogen and oxygen atoms in total. The summed E-state index contributed by atoms with van der Waals surface area (Å²) < 4.78 is 12.9.